The lowest BCUT2D eigenvalue weighted by Gasteiger charge is -2.42. The minimum Gasteiger partial charge on any atom is -0.497 e. The van der Waals surface area contributed by atoms with Crippen LogP contribution in [0.25, 0.3) is 0 Å². The topological polar surface area (TPSA) is 61.9 Å². The first-order valence-corrected chi connectivity index (χ1v) is 13.5. The molecule has 0 amide bonds. The molecule has 0 bridgehead atoms. The highest BCUT2D eigenvalue weighted by atomic mass is 32.2. The van der Waals surface area contributed by atoms with E-state index >= 15 is 0 Å². The summed E-state index contributed by atoms with van der Waals surface area (Å²) in [7, 11) is -1.93. The van der Waals surface area contributed by atoms with Gasteiger partial charge in [0.1, 0.15) is 5.75 Å². The van der Waals surface area contributed by atoms with E-state index < -0.39 is 10.0 Å². The molecule has 1 saturated heterocycles. The largest absolute Gasteiger partial charge is 0.497 e. The number of aryl methyl sites for hydroxylation is 1. The van der Waals surface area contributed by atoms with Crippen LogP contribution in [0.1, 0.15) is 23.4 Å². The van der Waals surface area contributed by atoms with E-state index in [-0.39, 0.29) is 12.1 Å². The van der Waals surface area contributed by atoms with Gasteiger partial charge in [-0.15, -0.1) is 11.3 Å². The predicted molar refractivity (Wildman–Crippen MR) is 135 cm³/mol. The molecule has 1 fully saturated rings. The first-order valence-electron chi connectivity index (χ1n) is 11.1. The number of nitrogens with zero attached hydrogens (tertiary/aromatic N) is 2. The zero-order valence-electron chi connectivity index (χ0n) is 19.3. The molecule has 2 atom stereocenters. The van der Waals surface area contributed by atoms with Gasteiger partial charge < -0.3 is 9.64 Å². The van der Waals surface area contributed by atoms with Crippen molar-refractivity contribution in [1.82, 2.24) is 9.62 Å². The van der Waals surface area contributed by atoms with Crippen molar-refractivity contribution in [1.29, 1.82) is 0 Å². The van der Waals surface area contributed by atoms with E-state index in [2.05, 4.69) is 38.1 Å². The van der Waals surface area contributed by atoms with E-state index in [0.29, 0.717) is 4.90 Å². The van der Waals surface area contributed by atoms with Gasteiger partial charge >= 0.3 is 0 Å². The quantitative estimate of drug-likeness (QED) is 0.516. The molecule has 8 heteroatoms. The van der Waals surface area contributed by atoms with Crippen LogP contribution >= 0.6 is 11.3 Å². The number of sulfonamides is 1. The van der Waals surface area contributed by atoms with Gasteiger partial charge in [-0.1, -0.05) is 23.8 Å². The molecular weight excluding hydrogens is 454 g/mol. The Morgan fingerprint density at radius 2 is 1.64 bits per heavy atom. The summed E-state index contributed by atoms with van der Waals surface area (Å²) in [5.74, 6) is 0.852. The van der Waals surface area contributed by atoms with Gasteiger partial charge in [0.25, 0.3) is 0 Å². The van der Waals surface area contributed by atoms with Crippen LogP contribution in [0.3, 0.4) is 0 Å². The fourth-order valence-corrected chi connectivity index (χ4v) is 6.56. The summed E-state index contributed by atoms with van der Waals surface area (Å²) in [5.41, 5.74) is 2.21. The summed E-state index contributed by atoms with van der Waals surface area (Å²) in [5, 5.41) is 2.05. The lowest BCUT2D eigenvalue weighted by molar-refractivity contribution is 0.164. The van der Waals surface area contributed by atoms with E-state index in [1.165, 1.54) is 10.6 Å². The van der Waals surface area contributed by atoms with Crippen LogP contribution in [0.4, 0.5) is 5.69 Å². The monoisotopic (exact) mass is 485 g/mol. The molecule has 6 nitrogen and oxygen atoms in total. The molecule has 1 aliphatic rings. The highest BCUT2D eigenvalue weighted by molar-refractivity contribution is 7.89. The number of thiophene rings is 1. The second kappa shape index (κ2) is 10.3. The van der Waals surface area contributed by atoms with Gasteiger partial charge in [0.05, 0.1) is 18.0 Å². The Morgan fingerprint density at radius 1 is 0.970 bits per heavy atom. The Bertz CT molecular complexity index is 1120. The smallest absolute Gasteiger partial charge is 0.240 e. The number of piperazine rings is 1. The van der Waals surface area contributed by atoms with Crippen molar-refractivity contribution < 1.29 is 13.2 Å². The van der Waals surface area contributed by atoms with Gasteiger partial charge in [-0.25, -0.2) is 13.1 Å². The van der Waals surface area contributed by atoms with Gasteiger partial charge in [0.15, 0.2) is 0 Å². The molecule has 0 aliphatic carbocycles. The number of ether oxygens (including phenoxy) is 1. The number of methoxy groups -OCH3 is 1. The van der Waals surface area contributed by atoms with Crippen molar-refractivity contribution in [2.24, 2.45) is 0 Å². The Hall–Kier alpha value is -2.39. The highest BCUT2D eigenvalue weighted by Gasteiger charge is 2.32. The number of benzene rings is 2. The average Bonchev–Trinajstić information content (AvgIpc) is 3.34. The van der Waals surface area contributed by atoms with Crippen LogP contribution in [0.15, 0.2) is 70.9 Å². The lowest BCUT2D eigenvalue weighted by atomic mass is 10.1. The van der Waals surface area contributed by atoms with E-state index in [4.69, 9.17) is 4.74 Å². The Morgan fingerprint density at radius 3 is 2.21 bits per heavy atom. The molecule has 33 heavy (non-hydrogen) atoms. The maximum Gasteiger partial charge on any atom is 0.240 e. The molecule has 1 aliphatic heterocycles. The van der Waals surface area contributed by atoms with Crippen LogP contribution in [0, 0.1) is 6.92 Å². The lowest BCUT2D eigenvalue weighted by Crippen LogP contribution is -2.52. The fraction of sp³-hybridized carbons (Fsp3) is 0.360. The molecule has 4 rings (SSSR count). The summed E-state index contributed by atoms with van der Waals surface area (Å²) in [6.07, 6.45) is 0. The zero-order valence-corrected chi connectivity index (χ0v) is 20.9. The van der Waals surface area contributed by atoms with Crippen LogP contribution in [-0.2, 0) is 10.0 Å². The number of nitrogens with one attached hydrogen (secondary N) is 1. The molecule has 0 radical (unpaired) electrons. The fourth-order valence-electron chi connectivity index (χ4n) is 4.35. The van der Waals surface area contributed by atoms with Gasteiger partial charge in [-0.05, 0) is 61.7 Å². The third-order valence-corrected chi connectivity index (χ3v) is 8.64. The van der Waals surface area contributed by atoms with E-state index in [0.717, 1.165) is 37.5 Å². The SMILES string of the molecule is COc1ccc(N2CCN(C(c3cccs3)C(C)NS(=O)(=O)c3ccc(C)cc3)CC2)cc1. The van der Waals surface area contributed by atoms with Crippen molar-refractivity contribution in [3.63, 3.8) is 0 Å². The average molecular weight is 486 g/mol. The zero-order chi connectivity index (χ0) is 23.4. The normalized spacial score (nSPS) is 17.0. The standard InChI is InChI=1S/C25H31N3O3S2/c1-19-6-12-23(13-7-19)33(29,30)26-20(2)25(24-5-4-18-32-24)28-16-14-27(15-17-28)21-8-10-22(31-3)11-9-21/h4-13,18,20,25-26H,14-17H2,1-3H3. The number of anilines is 1. The molecule has 2 unspecified atom stereocenters. The van der Waals surface area contributed by atoms with Gasteiger partial charge in [0, 0.05) is 42.8 Å². The Kier molecular flexibility index (Phi) is 7.38. The predicted octanol–water partition coefficient (Wildman–Crippen LogP) is 4.30. The molecule has 1 N–H and O–H groups in total. The third-order valence-electron chi connectivity index (χ3n) is 6.13. The number of rotatable bonds is 8. The summed E-state index contributed by atoms with van der Waals surface area (Å²) in [4.78, 5) is 6.23. The second-order valence-corrected chi connectivity index (χ2v) is 11.1. The van der Waals surface area contributed by atoms with Crippen LogP contribution in [-0.4, -0.2) is 52.6 Å². The number of hydrogen-bond acceptors (Lipinski definition) is 6. The first-order chi connectivity index (χ1) is 15.9. The molecule has 2 heterocycles. The van der Waals surface area contributed by atoms with E-state index in [1.54, 1.807) is 30.6 Å². The van der Waals surface area contributed by atoms with Gasteiger partial charge in [0.2, 0.25) is 10.0 Å². The molecular formula is C25H31N3O3S2. The summed E-state index contributed by atoms with van der Waals surface area (Å²) in [6.45, 7) is 7.38. The summed E-state index contributed by atoms with van der Waals surface area (Å²) < 4.78 is 34.3. The van der Waals surface area contributed by atoms with Gasteiger partial charge in [-0.2, -0.15) is 0 Å². The van der Waals surface area contributed by atoms with E-state index in [1.807, 2.05) is 44.2 Å². The maximum absolute atomic E-state index is 13.1. The van der Waals surface area contributed by atoms with E-state index in [9.17, 15) is 8.42 Å². The van der Waals surface area contributed by atoms with Crippen molar-refractivity contribution in [2.45, 2.75) is 30.8 Å². The van der Waals surface area contributed by atoms with Crippen molar-refractivity contribution in [3.05, 3.63) is 76.5 Å². The van der Waals surface area contributed by atoms with Crippen LogP contribution in [0.2, 0.25) is 0 Å². The molecule has 1 aromatic heterocycles. The van der Waals surface area contributed by atoms with Crippen molar-refractivity contribution in [2.75, 3.05) is 38.2 Å². The van der Waals surface area contributed by atoms with Gasteiger partial charge in [-0.3, -0.25) is 4.90 Å². The van der Waals surface area contributed by atoms with Crippen molar-refractivity contribution in [3.8, 4) is 5.75 Å². The molecule has 0 spiro atoms. The summed E-state index contributed by atoms with van der Waals surface area (Å²) in [6, 6.07) is 19.0. The maximum atomic E-state index is 13.1. The number of hydrogen-bond donors (Lipinski definition) is 1. The minimum atomic E-state index is -3.61. The van der Waals surface area contributed by atoms with Crippen LogP contribution in [0.5, 0.6) is 5.75 Å². The second-order valence-electron chi connectivity index (χ2n) is 8.40. The molecule has 3 aromatic rings. The highest BCUT2D eigenvalue weighted by Crippen LogP contribution is 2.31. The molecule has 176 valence electrons. The third kappa shape index (κ3) is 5.58. The minimum absolute atomic E-state index is 0.0248. The van der Waals surface area contributed by atoms with Crippen LogP contribution < -0.4 is 14.4 Å². The Balaban J connectivity index is 1.48. The first kappa shape index (κ1) is 23.8. The Labute approximate surface area is 200 Å². The van der Waals surface area contributed by atoms with Crippen molar-refractivity contribution >= 4 is 27.0 Å². The molecule has 0 saturated carbocycles. The summed E-state index contributed by atoms with van der Waals surface area (Å²) >= 11 is 1.67. The molecule has 2 aromatic carbocycles.